The first kappa shape index (κ1) is 22.7. The molecule has 33 heavy (non-hydrogen) atoms. The van der Waals surface area contributed by atoms with E-state index >= 15 is 0 Å². The third-order valence-electron chi connectivity index (χ3n) is 6.46. The molecule has 2 aromatic carbocycles. The quantitative estimate of drug-likeness (QED) is 0.622. The lowest BCUT2D eigenvalue weighted by molar-refractivity contribution is -0.143. The number of methoxy groups -OCH3 is 3. The molecular weight excluding hydrogens is 425 g/mol. The number of allylic oxidation sites excluding steroid dienone is 2. The Labute approximate surface area is 192 Å². The van der Waals surface area contributed by atoms with Crippen LogP contribution in [0.1, 0.15) is 42.7 Å². The van der Waals surface area contributed by atoms with Crippen molar-refractivity contribution < 1.29 is 28.2 Å². The van der Waals surface area contributed by atoms with Gasteiger partial charge in [0.05, 0.1) is 21.3 Å². The highest BCUT2D eigenvalue weighted by molar-refractivity contribution is 6.09. The summed E-state index contributed by atoms with van der Waals surface area (Å²) in [5.74, 6) is -1.70. The molecule has 3 atom stereocenters. The third-order valence-corrected chi connectivity index (χ3v) is 6.46. The molecule has 0 aromatic heterocycles. The SMILES string of the molecule is COC(=O)C1C(C)=NC2=C(C(=O)C[C@@H](c3ccc(OC)c(OC)c3)C2)[C@@H]1c1ccccc1F. The lowest BCUT2D eigenvalue weighted by Gasteiger charge is -2.36. The lowest BCUT2D eigenvalue weighted by atomic mass is 9.69. The van der Waals surface area contributed by atoms with Crippen LogP contribution in [0.5, 0.6) is 11.5 Å². The highest BCUT2D eigenvalue weighted by Crippen LogP contribution is 2.47. The monoisotopic (exact) mass is 451 g/mol. The number of carbonyl (C=O) groups excluding carboxylic acids is 2. The van der Waals surface area contributed by atoms with Gasteiger partial charge in [0.1, 0.15) is 11.7 Å². The summed E-state index contributed by atoms with van der Waals surface area (Å²) in [5, 5.41) is 0. The molecule has 1 aliphatic carbocycles. The fourth-order valence-electron chi connectivity index (χ4n) is 4.90. The highest BCUT2D eigenvalue weighted by Gasteiger charge is 2.45. The largest absolute Gasteiger partial charge is 0.493 e. The molecule has 2 aromatic rings. The van der Waals surface area contributed by atoms with Crippen LogP contribution < -0.4 is 9.47 Å². The number of aliphatic imine (C=N–C) groups is 1. The fourth-order valence-corrected chi connectivity index (χ4v) is 4.90. The Balaban J connectivity index is 1.80. The van der Waals surface area contributed by atoms with Crippen LogP contribution in [-0.2, 0) is 14.3 Å². The Kier molecular flexibility index (Phi) is 6.31. The molecule has 0 saturated heterocycles. The second-order valence-corrected chi connectivity index (χ2v) is 8.26. The molecule has 0 amide bonds. The van der Waals surface area contributed by atoms with Crippen molar-refractivity contribution in [2.45, 2.75) is 31.6 Å². The minimum absolute atomic E-state index is 0.122. The van der Waals surface area contributed by atoms with E-state index in [1.165, 1.54) is 13.2 Å². The van der Waals surface area contributed by atoms with Crippen LogP contribution in [0.3, 0.4) is 0 Å². The maximum Gasteiger partial charge on any atom is 0.315 e. The molecular formula is C26H26FNO5. The topological polar surface area (TPSA) is 74.2 Å². The van der Waals surface area contributed by atoms with Gasteiger partial charge in [0.15, 0.2) is 17.3 Å². The maximum atomic E-state index is 14.9. The van der Waals surface area contributed by atoms with E-state index < -0.39 is 23.6 Å². The summed E-state index contributed by atoms with van der Waals surface area (Å²) < 4.78 is 30.6. The average Bonchev–Trinajstić information content (AvgIpc) is 2.82. The number of benzene rings is 2. The van der Waals surface area contributed by atoms with Crippen LogP contribution in [0.4, 0.5) is 4.39 Å². The zero-order valence-electron chi connectivity index (χ0n) is 19.1. The van der Waals surface area contributed by atoms with Crippen molar-refractivity contribution in [3.8, 4) is 11.5 Å². The molecule has 4 rings (SSSR count). The molecule has 6 nitrogen and oxygen atoms in total. The molecule has 1 unspecified atom stereocenters. The van der Waals surface area contributed by atoms with Crippen LogP contribution >= 0.6 is 0 Å². The third kappa shape index (κ3) is 4.03. The van der Waals surface area contributed by atoms with Gasteiger partial charge in [0, 0.05) is 29.3 Å². The number of carbonyl (C=O) groups is 2. The summed E-state index contributed by atoms with van der Waals surface area (Å²) in [6.45, 7) is 1.73. The normalized spacial score (nSPS) is 22.4. The summed E-state index contributed by atoms with van der Waals surface area (Å²) in [6.07, 6.45) is 0.717. The number of nitrogens with zero attached hydrogens (tertiary/aromatic N) is 1. The number of ketones is 1. The number of Topliss-reactive ketones (excluding diaryl/α,β-unsaturated/α-hetero) is 1. The van der Waals surface area contributed by atoms with Crippen LogP contribution in [0.2, 0.25) is 0 Å². The summed E-state index contributed by atoms with van der Waals surface area (Å²) in [5.41, 5.74) is 2.73. The zero-order chi connectivity index (χ0) is 23.7. The Hall–Kier alpha value is -3.48. The number of ether oxygens (including phenoxy) is 3. The Morgan fingerprint density at radius 1 is 1.03 bits per heavy atom. The molecule has 0 spiro atoms. The van der Waals surface area contributed by atoms with Gasteiger partial charge in [-0.25, -0.2) is 4.39 Å². The molecule has 1 heterocycles. The van der Waals surface area contributed by atoms with E-state index in [1.54, 1.807) is 39.3 Å². The first-order chi connectivity index (χ1) is 15.9. The predicted molar refractivity (Wildman–Crippen MR) is 121 cm³/mol. The van der Waals surface area contributed by atoms with Gasteiger partial charge in [0.2, 0.25) is 0 Å². The number of rotatable bonds is 5. The van der Waals surface area contributed by atoms with E-state index in [2.05, 4.69) is 4.99 Å². The molecule has 0 radical (unpaired) electrons. The van der Waals surface area contributed by atoms with Gasteiger partial charge >= 0.3 is 5.97 Å². The van der Waals surface area contributed by atoms with Crippen molar-refractivity contribution in [1.29, 1.82) is 0 Å². The number of halogens is 1. The van der Waals surface area contributed by atoms with Gasteiger partial charge < -0.3 is 14.2 Å². The lowest BCUT2D eigenvalue weighted by Crippen LogP contribution is -2.38. The van der Waals surface area contributed by atoms with Crippen molar-refractivity contribution in [3.63, 3.8) is 0 Å². The summed E-state index contributed by atoms with van der Waals surface area (Å²) >= 11 is 0. The predicted octanol–water partition coefficient (Wildman–Crippen LogP) is 4.59. The van der Waals surface area contributed by atoms with E-state index in [-0.39, 0.29) is 18.1 Å². The van der Waals surface area contributed by atoms with E-state index in [9.17, 15) is 14.0 Å². The van der Waals surface area contributed by atoms with Gasteiger partial charge in [0.25, 0.3) is 0 Å². The number of hydrogen-bond donors (Lipinski definition) is 0. The van der Waals surface area contributed by atoms with E-state index in [0.29, 0.717) is 40.5 Å². The van der Waals surface area contributed by atoms with Crippen LogP contribution in [0.25, 0.3) is 0 Å². The summed E-state index contributed by atoms with van der Waals surface area (Å²) in [4.78, 5) is 30.8. The average molecular weight is 451 g/mol. The maximum absolute atomic E-state index is 14.9. The van der Waals surface area contributed by atoms with E-state index in [0.717, 1.165) is 5.56 Å². The van der Waals surface area contributed by atoms with Gasteiger partial charge in [-0.15, -0.1) is 0 Å². The molecule has 0 saturated carbocycles. The van der Waals surface area contributed by atoms with Crippen LogP contribution in [0.15, 0.2) is 58.7 Å². The van der Waals surface area contributed by atoms with E-state index in [4.69, 9.17) is 14.2 Å². The number of esters is 1. The smallest absolute Gasteiger partial charge is 0.315 e. The van der Waals surface area contributed by atoms with Crippen LogP contribution in [-0.4, -0.2) is 38.8 Å². The van der Waals surface area contributed by atoms with Crippen molar-refractivity contribution in [3.05, 3.63) is 70.7 Å². The molecule has 1 aliphatic heterocycles. The highest BCUT2D eigenvalue weighted by atomic mass is 19.1. The zero-order valence-corrected chi connectivity index (χ0v) is 19.1. The minimum atomic E-state index is -0.854. The first-order valence-corrected chi connectivity index (χ1v) is 10.7. The molecule has 0 bridgehead atoms. The van der Waals surface area contributed by atoms with Gasteiger partial charge in [-0.3, -0.25) is 14.6 Å². The van der Waals surface area contributed by atoms with Crippen molar-refractivity contribution in [2.24, 2.45) is 10.9 Å². The minimum Gasteiger partial charge on any atom is -0.493 e. The first-order valence-electron chi connectivity index (χ1n) is 10.7. The Morgan fingerprint density at radius 2 is 1.76 bits per heavy atom. The number of hydrogen-bond acceptors (Lipinski definition) is 6. The summed E-state index contributed by atoms with van der Waals surface area (Å²) in [7, 11) is 4.42. The fraction of sp³-hybridized carbons (Fsp3) is 0.346. The molecule has 7 heteroatoms. The van der Waals surface area contributed by atoms with E-state index in [1.807, 2.05) is 18.2 Å². The second kappa shape index (κ2) is 9.17. The molecule has 2 aliphatic rings. The Morgan fingerprint density at radius 3 is 2.42 bits per heavy atom. The second-order valence-electron chi connectivity index (χ2n) is 8.26. The molecule has 172 valence electrons. The van der Waals surface area contributed by atoms with Crippen molar-refractivity contribution in [1.82, 2.24) is 0 Å². The standard InChI is InChI=1S/C26H26FNO5/c1-14-23(26(30)33-4)24(17-7-5-6-8-18(17)27)25-19(28-14)11-16(12-20(25)29)15-9-10-21(31-2)22(13-15)32-3/h5-10,13,16,23-24H,11-12H2,1-4H3/t16-,23?,24+/m0/s1. The molecule has 0 N–H and O–H groups in total. The summed E-state index contributed by atoms with van der Waals surface area (Å²) in [6, 6.07) is 11.8. The van der Waals surface area contributed by atoms with Gasteiger partial charge in [-0.1, -0.05) is 24.3 Å². The van der Waals surface area contributed by atoms with Crippen molar-refractivity contribution >= 4 is 17.5 Å². The van der Waals surface area contributed by atoms with Gasteiger partial charge in [-0.2, -0.15) is 0 Å². The Bertz CT molecular complexity index is 1170. The van der Waals surface area contributed by atoms with Gasteiger partial charge in [-0.05, 0) is 48.6 Å². The molecule has 0 fully saturated rings. The van der Waals surface area contributed by atoms with Crippen molar-refractivity contribution in [2.75, 3.05) is 21.3 Å². The van der Waals surface area contributed by atoms with Crippen LogP contribution in [0, 0.1) is 11.7 Å².